The summed E-state index contributed by atoms with van der Waals surface area (Å²) in [6.45, 7) is 0. The first-order chi connectivity index (χ1) is 14.8. The highest BCUT2D eigenvalue weighted by Crippen LogP contribution is 2.35. The molecule has 1 aliphatic heterocycles. The van der Waals surface area contributed by atoms with Gasteiger partial charge in [0.15, 0.2) is 5.11 Å². The van der Waals surface area contributed by atoms with Crippen molar-refractivity contribution in [1.82, 2.24) is 5.32 Å². The monoisotopic (exact) mass is 494 g/mol. The van der Waals surface area contributed by atoms with Crippen LogP contribution < -0.4 is 10.2 Å². The van der Waals surface area contributed by atoms with Gasteiger partial charge in [-0.25, -0.2) is 4.39 Å². The minimum absolute atomic E-state index is 0.152. The van der Waals surface area contributed by atoms with Gasteiger partial charge in [-0.3, -0.25) is 19.8 Å². The summed E-state index contributed by atoms with van der Waals surface area (Å²) in [5, 5.41) is 2.76. The SMILES string of the molecule is O=C1NC(=S)N(c2ccc(F)c(Cl)c2)C(=O)/C1=C\c1ccc(-c2cccc(Cl)c2Cl)o1. The summed E-state index contributed by atoms with van der Waals surface area (Å²) in [4.78, 5) is 26.5. The van der Waals surface area contributed by atoms with Gasteiger partial charge in [-0.2, -0.15) is 0 Å². The van der Waals surface area contributed by atoms with Gasteiger partial charge >= 0.3 is 0 Å². The second kappa shape index (κ2) is 8.43. The fourth-order valence-corrected chi connectivity index (χ4v) is 3.78. The Morgan fingerprint density at radius 1 is 1.03 bits per heavy atom. The average molecular weight is 496 g/mol. The number of thiocarbonyl (C=S) groups is 1. The predicted octanol–water partition coefficient (Wildman–Crippen LogP) is 5.88. The van der Waals surface area contributed by atoms with E-state index in [2.05, 4.69) is 5.32 Å². The van der Waals surface area contributed by atoms with Crippen molar-refractivity contribution in [1.29, 1.82) is 0 Å². The summed E-state index contributed by atoms with van der Waals surface area (Å²) < 4.78 is 19.2. The van der Waals surface area contributed by atoms with Crippen molar-refractivity contribution in [2.75, 3.05) is 4.90 Å². The molecule has 1 fully saturated rings. The molecule has 1 N–H and O–H groups in total. The Morgan fingerprint density at radius 2 is 1.81 bits per heavy atom. The van der Waals surface area contributed by atoms with E-state index in [0.717, 1.165) is 11.0 Å². The smallest absolute Gasteiger partial charge is 0.270 e. The largest absolute Gasteiger partial charge is 0.457 e. The average Bonchev–Trinajstić information content (AvgIpc) is 3.18. The topological polar surface area (TPSA) is 62.6 Å². The fraction of sp³-hybridized carbons (Fsp3) is 0. The molecular formula is C21H10Cl3FN2O3S. The van der Waals surface area contributed by atoms with Crippen molar-refractivity contribution in [2.24, 2.45) is 0 Å². The third-order valence-electron chi connectivity index (χ3n) is 4.39. The lowest BCUT2D eigenvalue weighted by atomic mass is 10.1. The Kier molecular flexibility index (Phi) is 5.85. The van der Waals surface area contributed by atoms with Crippen LogP contribution in [0.15, 0.2) is 58.5 Å². The van der Waals surface area contributed by atoms with Crippen molar-refractivity contribution in [2.45, 2.75) is 0 Å². The second-order valence-electron chi connectivity index (χ2n) is 6.36. The molecule has 1 saturated heterocycles. The minimum Gasteiger partial charge on any atom is -0.457 e. The van der Waals surface area contributed by atoms with Gasteiger partial charge in [0.2, 0.25) is 0 Å². The Balaban J connectivity index is 1.70. The molecule has 1 aliphatic rings. The van der Waals surface area contributed by atoms with Crippen LogP contribution >= 0.6 is 47.0 Å². The van der Waals surface area contributed by atoms with Crippen LogP contribution in [0.25, 0.3) is 17.4 Å². The van der Waals surface area contributed by atoms with Crippen LogP contribution in [0.5, 0.6) is 0 Å². The molecule has 0 unspecified atom stereocenters. The number of nitrogens with one attached hydrogen (secondary N) is 1. The molecule has 10 heteroatoms. The number of hydrogen-bond acceptors (Lipinski definition) is 4. The summed E-state index contributed by atoms with van der Waals surface area (Å²) in [7, 11) is 0. The number of rotatable bonds is 3. The second-order valence-corrected chi connectivity index (χ2v) is 7.94. The number of halogens is 4. The molecule has 31 heavy (non-hydrogen) atoms. The highest BCUT2D eigenvalue weighted by Gasteiger charge is 2.35. The fourth-order valence-electron chi connectivity index (χ4n) is 2.93. The number of amides is 2. The van der Waals surface area contributed by atoms with Crippen LogP contribution in [-0.4, -0.2) is 16.9 Å². The molecule has 5 nitrogen and oxygen atoms in total. The maximum atomic E-state index is 13.5. The summed E-state index contributed by atoms with van der Waals surface area (Å²) in [6.07, 6.45) is 1.28. The Labute approximate surface area is 196 Å². The molecular weight excluding hydrogens is 486 g/mol. The van der Waals surface area contributed by atoms with E-state index in [1.807, 2.05) is 0 Å². The number of carbonyl (C=O) groups excluding carboxylic acids is 2. The molecule has 156 valence electrons. The first-order valence-electron chi connectivity index (χ1n) is 8.67. The molecule has 0 bridgehead atoms. The van der Waals surface area contributed by atoms with Crippen LogP contribution in [0.1, 0.15) is 5.76 Å². The number of carbonyl (C=O) groups is 2. The summed E-state index contributed by atoms with van der Waals surface area (Å²) in [5.41, 5.74) is 0.535. The van der Waals surface area contributed by atoms with E-state index in [0.29, 0.717) is 21.4 Å². The van der Waals surface area contributed by atoms with Gasteiger partial charge in [-0.1, -0.05) is 40.9 Å². The molecule has 2 heterocycles. The van der Waals surface area contributed by atoms with Gasteiger partial charge in [0.05, 0.1) is 20.8 Å². The Bertz CT molecular complexity index is 1290. The van der Waals surface area contributed by atoms with Crippen LogP contribution in [0.4, 0.5) is 10.1 Å². The minimum atomic E-state index is -0.713. The molecule has 4 rings (SSSR count). The van der Waals surface area contributed by atoms with Crippen molar-refractivity contribution in [3.63, 3.8) is 0 Å². The zero-order valence-electron chi connectivity index (χ0n) is 15.3. The summed E-state index contributed by atoms with van der Waals surface area (Å²) in [5.74, 6) is -1.42. The zero-order valence-corrected chi connectivity index (χ0v) is 18.4. The van der Waals surface area contributed by atoms with Crippen molar-refractivity contribution in [3.05, 3.63) is 80.7 Å². The third kappa shape index (κ3) is 4.09. The first-order valence-corrected chi connectivity index (χ1v) is 10.2. The highest BCUT2D eigenvalue weighted by atomic mass is 35.5. The molecule has 0 aliphatic carbocycles. The van der Waals surface area contributed by atoms with Gasteiger partial charge in [0, 0.05) is 5.56 Å². The lowest BCUT2D eigenvalue weighted by molar-refractivity contribution is -0.122. The quantitative estimate of drug-likeness (QED) is 0.280. The van der Waals surface area contributed by atoms with Gasteiger partial charge in [0.25, 0.3) is 11.8 Å². The molecule has 0 radical (unpaired) electrons. The van der Waals surface area contributed by atoms with E-state index in [9.17, 15) is 14.0 Å². The van der Waals surface area contributed by atoms with Crippen molar-refractivity contribution < 1.29 is 18.4 Å². The summed E-state index contributed by atoms with van der Waals surface area (Å²) >= 11 is 23.2. The van der Waals surface area contributed by atoms with Crippen LogP contribution in [0.3, 0.4) is 0 Å². The van der Waals surface area contributed by atoms with Gasteiger partial charge < -0.3 is 4.42 Å². The maximum Gasteiger partial charge on any atom is 0.270 e. The molecule has 2 aromatic carbocycles. The molecule has 1 aromatic heterocycles. The number of nitrogens with zero attached hydrogens (tertiary/aromatic N) is 1. The molecule has 0 spiro atoms. The normalized spacial score (nSPS) is 15.5. The molecule has 3 aromatic rings. The maximum absolute atomic E-state index is 13.5. The van der Waals surface area contributed by atoms with Crippen LogP contribution in [0.2, 0.25) is 15.1 Å². The third-order valence-corrected chi connectivity index (χ3v) is 5.79. The van der Waals surface area contributed by atoms with E-state index >= 15 is 0 Å². The summed E-state index contributed by atoms with van der Waals surface area (Å²) in [6, 6.07) is 12.0. The van der Waals surface area contributed by atoms with E-state index in [4.69, 9.17) is 51.4 Å². The van der Waals surface area contributed by atoms with Crippen LogP contribution in [0, 0.1) is 5.82 Å². The van der Waals surface area contributed by atoms with Crippen molar-refractivity contribution >= 4 is 75.7 Å². The first kappa shape index (κ1) is 21.5. The van der Waals surface area contributed by atoms with E-state index < -0.39 is 17.6 Å². The molecule has 0 atom stereocenters. The lowest BCUT2D eigenvalue weighted by Crippen LogP contribution is -2.54. The standard InChI is InChI=1S/C21H10Cl3FN2O3S/c22-14-3-1-2-12(18(14)24)17-7-5-11(30-17)9-13-19(28)26-21(31)27(20(13)29)10-4-6-16(25)15(23)8-10/h1-9H,(H,26,28,31)/b13-9-. The highest BCUT2D eigenvalue weighted by molar-refractivity contribution is 7.80. The van der Waals surface area contributed by atoms with Crippen LogP contribution in [-0.2, 0) is 9.59 Å². The van der Waals surface area contributed by atoms with E-state index in [1.165, 1.54) is 18.2 Å². The number of hydrogen-bond donors (Lipinski definition) is 1. The predicted molar refractivity (Wildman–Crippen MR) is 122 cm³/mol. The van der Waals surface area contributed by atoms with Gasteiger partial charge in [-0.05, 0) is 60.8 Å². The number of benzene rings is 2. The molecule has 0 saturated carbocycles. The number of anilines is 1. The van der Waals surface area contributed by atoms with E-state index in [1.54, 1.807) is 30.3 Å². The Morgan fingerprint density at radius 3 is 2.55 bits per heavy atom. The number of furan rings is 1. The van der Waals surface area contributed by atoms with E-state index in [-0.39, 0.29) is 27.2 Å². The Hall–Kier alpha value is -2.71. The van der Waals surface area contributed by atoms with Crippen molar-refractivity contribution in [3.8, 4) is 11.3 Å². The van der Waals surface area contributed by atoms with Gasteiger partial charge in [0.1, 0.15) is 22.9 Å². The zero-order chi connectivity index (χ0) is 22.3. The van der Waals surface area contributed by atoms with Gasteiger partial charge in [-0.15, -0.1) is 0 Å². The molecule has 2 amide bonds. The lowest BCUT2D eigenvalue weighted by Gasteiger charge is -2.28.